The molecule has 4 aromatic rings. The summed E-state index contributed by atoms with van der Waals surface area (Å²) in [5.74, 6) is 0.625. The molecule has 7 heteroatoms. The molecule has 4 heterocycles. The summed E-state index contributed by atoms with van der Waals surface area (Å²) in [5.41, 5.74) is 14.0. The third-order valence-corrected chi connectivity index (χ3v) is 5.19. The molecule has 0 radical (unpaired) electrons. The van der Waals surface area contributed by atoms with Gasteiger partial charge in [-0.1, -0.05) is 37.5 Å². The number of pyridine rings is 2. The van der Waals surface area contributed by atoms with Gasteiger partial charge in [0.25, 0.3) is 0 Å². The van der Waals surface area contributed by atoms with Crippen molar-refractivity contribution in [1.29, 1.82) is 0 Å². The second kappa shape index (κ2) is 9.32. The molecule has 4 rings (SSSR count). The lowest BCUT2D eigenvalue weighted by molar-refractivity contribution is 1.10. The highest BCUT2D eigenvalue weighted by atomic mass is 15.2. The molecule has 33 heavy (non-hydrogen) atoms. The summed E-state index contributed by atoms with van der Waals surface area (Å²) in [4.78, 5) is 17.3. The lowest BCUT2D eigenvalue weighted by Crippen LogP contribution is -1.95. The Labute approximate surface area is 192 Å². The standard InChI is InChI=1S/C26H25N7/c1-5-9-20(18-10-8-13-28-15-18)23-16(4)29-26(31-23)25-24-22(32-33-25)12-11-21(30-24)17(6-2)14-19(27)7-3/h5-15H,1,3,27H2,2,4H3,(H,29,31)(H,32,33)/b17-6+,19-14+,20-9-. The lowest BCUT2D eigenvalue weighted by atomic mass is 10.0. The second-order valence-electron chi connectivity index (χ2n) is 7.37. The van der Waals surface area contributed by atoms with E-state index in [-0.39, 0.29) is 0 Å². The van der Waals surface area contributed by atoms with Crippen molar-refractivity contribution in [3.05, 3.63) is 109 Å². The Bertz CT molecular complexity index is 1420. The molecule has 4 aromatic heterocycles. The minimum atomic E-state index is 0.570. The molecular formula is C26H25N7. The zero-order valence-corrected chi connectivity index (χ0v) is 18.6. The zero-order valence-electron chi connectivity index (χ0n) is 18.6. The molecule has 0 atom stereocenters. The molecule has 0 saturated carbocycles. The number of nitrogens with two attached hydrogens (primary N) is 1. The lowest BCUT2D eigenvalue weighted by Gasteiger charge is -2.04. The molecule has 0 aliphatic heterocycles. The maximum absolute atomic E-state index is 5.94. The van der Waals surface area contributed by atoms with E-state index in [0.717, 1.165) is 39.3 Å². The minimum Gasteiger partial charge on any atom is -0.399 e. The Balaban J connectivity index is 1.81. The number of nitrogens with one attached hydrogen (secondary N) is 2. The van der Waals surface area contributed by atoms with E-state index in [2.05, 4.69) is 33.3 Å². The molecule has 164 valence electrons. The Morgan fingerprint density at radius 2 is 2.00 bits per heavy atom. The fourth-order valence-electron chi connectivity index (χ4n) is 3.56. The average Bonchev–Trinajstić information content (AvgIpc) is 3.44. The van der Waals surface area contributed by atoms with Gasteiger partial charge in [0.1, 0.15) is 5.52 Å². The SMILES string of the molecule is C=C/C=C(/c1cccnc1)c1nc(-c2n[nH]c3ccc(C(/C=C(/N)C=C)=C/C)nc23)[nH]c1C. The zero-order chi connectivity index (χ0) is 23.4. The molecular weight excluding hydrogens is 410 g/mol. The number of nitrogens with zero attached hydrogens (tertiary/aromatic N) is 4. The minimum absolute atomic E-state index is 0.570. The topological polar surface area (TPSA) is 109 Å². The summed E-state index contributed by atoms with van der Waals surface area (Å²) < 4.78 is 0. The molecule has 0 amide bonds. The van der Waals surface area contributed by atoms with Crippen LogP contribution in [0.3, 0.4) is 0 Å². The van der Waals surface area contributed by atoms with Crippen molar-refractivity contribution in [2.45, 2.75) is 13.8 Å². The molecule has 7 nitrogen and oxygen atoms in total. The monoisotopic (exact) mass is 435 g/mol. The van der Waals surface area contributed by atoms with Crippen LogP contribution >= 0.6 is 0 Å². The second-order valence-corrected chi connectivity index (χ2v) is 7.37. The van der Waals surface area contributed by atoms with Crippen molar-refractivity contribution in [2.24, 2.45) is 5.73 Å². The summed E-state index contributed by atoms with van der Waals surface area (Å²) >= 11 is 0. The summed E-state index contributed by atoms with van der Waals surface area (Å²) in [6.45, 7) is 11.5. The van der Waals surface area contributed by atoms with E-state index in [1.807, 2.05) is 62.5 Å². The van der Waals surface area contributed by atoms with Crippen molar-refractivity contribution in [3.63, 3.8) is 0 Å². The molecule has 0 aliphatic carbocycles. The van der Waals surface area contributed by atoms with Gasteiger partial charge in [0.15, 0.2) is 11.5 Å². The fraction of sp³-hybridized carbons (Fsp3) is 0.0769. The van der Waals surface area contributed by atoms with E-state index < -0.39 is 0 Å². The number of aryl methyl sites for hydroxylation is 1. The highest BCUT2D eigenvalue weighted by molar-refractivity contribution is 5.90. The van der Waals surface area contributed by atoms with E-state index in [1.54, 1.807) is 18.3 Å². The third kappa shape index (κ3) is 4.29. The number of hydrogen-bond acceptors (Lipinski definition) is 5. The average molecular weight is 436 g/mol. The van der Waals surface area contributed by atoms with Crippen LogP contribution in [-0.2, 0) is 0 Å². The number of allylic oxidation sites excluding steroid dienone is 6. The van der Waals surface area contributed by atoms with Gasteiger partial charge >= 0.3 is 0 Å². The number of fused-ring (bicyclic) bond motifs is 1. The fourth-order valence-corrected chi connectivity index (χ4v) is 3.56. The highest BCUT2D eigenvalue weighted by Gasteiger charge is 2.19. The largest absolute Gasteiger partial charge is 0.399 e. The van der Waals surface area contributed by atoms with Crippen LogP contribution in [-0.4, -0.2) is 30.1 Å². The van der Waals surface area contributed by atoms with E-state index in [9.17, 15) is 0 Å². The van der Waals surface area contributed by atoms with Crippen LogP contribution in [0.2, 0.25) is 0 Å². The van der Waals surface area contributed by atoms with Crippen LogP contribution in [0.25, 0.3) is 33.7 Å². The molecule has 0 fully saturated rings. The molecule has 0 aliphatic rings. The van der Waals surface area contributed by atoms with E-state index in [1.165, 1.54) is 0 Å². The third-order valence-electron chi connectivity index (χ3n) is 5.19. The van der Waals surface area contributed by atoms with Crippen molar-refractivity contribution in [2.75, 3.05) is 0 Å². The van der Waals surface area contributed by atoms with Crippen LogP contribution in [0.5, 0.6) is 0 Å². The van der Waals surface area contributed by atoms with Crippen LogP contribution < -0.4 is 5.73 Å². The Morgan fingerprint density at radius 3 is 2.70 bits per heavy atom. The van der Waals surface area contributed by atoms with Gasteiger partial charge < -0.3 is 10.7 Å². The molecule has 0 spiro atoms. The molecule has 0 saturated heterocycles. The van der Waals surface area contributed by atoms with E-state index in [4.69, 9.17) is 15.7 Å². The number of rotatable bonds is 7. The van der Waals surface area contributed by atoms with E-state index >= 15 is 0 Å². The normalized spacial score (nSPS) is 12.8. The van der Waals surface area contributed by atoms with Gasteiger partial charge in [-0.15, -0.1) is 0 Å². The highest BCUT2D eigenvalue weighted by Crippen LogP contribution is 2.30. The van der Waals surface area contributed by atoms with Gasteiger partial charge in [0, 0.05) is 34.9 Å². The number of aromatic nitrogens is 6. The first-order valence-electron chi connectivity index (χ1n) is 10.5. The number of hydrogen-bond donors (Lipinski definition) is 3. The van der Waals surface area contributed by atoms with Crippen LogP contribution in [0.4, 0.5) is 0 Å². The van der Waals surface area contributed by atoms with Crippen LogP contribution in [0, 0.1) is 6.92 Å². The van der Waals surface area contributed by atoms with Crippen LogP contribution in [0.15, 0.2) is 85.9 Å². The Morgan fingerprint density at radius 1 is 1.15 bits per heavy atom. The van der Waals surface area contributed by atoms with Crippen molar-refractivity contribution < 1.29 is 0 Å². The molecule has 0 aromatic carbocycles. The maximum atomic E-state index is 5.94. The molecule has 4 N–H and O–H groups in total. The quantitative estimate of drug-likeness (QED) is 0.350. The van der Waals surface area contributed by atoms with Crippen molar-refractivity contribution in [1.82, 2.24) is 30.1 Å². The number of H-pyrrole nitrogens is 2. The van der Waals surface area contributed by atoms with Gasteiger partial charge in [0.05, 0.1) is 16.9 Å². The van der Waals surface area contributed by atoms with Crippen molar-refractivity contribution in [3.8, 4) is 11.5 Å². The van der Waals surface area contributed by atoms with Crippen LogP contribution in [0.1, 0.15) is 29.6 Å². The molecule has 0 unspecified atom stereocenters. The maximum Gasteiger partial charge on any atom is 0.161 e. The summed E-state index contributed by atoms with van der Waals surface area (Å²) in [7, 11) is 0. The Hall–Kier alpha value is -4.52. The first-order chi connectivity index (χ1) is 16.0. The van der Waals surface area contributed by atoms with Gasteiger partial charge in [-0.25, -0.2) is 9.97 Å². The smallest absolute Gasteiger partial charge is 0.161 e. The first-order valence-corrected chi connectivity index (χ1v) is 10.5. The summed E-state index contributed by atoms with van der Waals surface area (Å²) in [5, 5.41) is 7.54. The molecule has 0 bridgehead atoms. The predicted octanol–water partition coefficient (Wildman–Crippen LogP) is 5.10. The van der Waals surface area contributed by atoms with E-state index in [0.29, 0.717) is 22.7 Å². The summed E-state index contributed by atoms with van der Waals surface area (Å²) in [6.07, 6.45) is 12.6. The summed E-state index contributed by atoms with van der Waals surface area (Å²) in [6, 6.07) is 7.77. The number of imidazole rings is 1. The van der Waals surface area contributed by atoms with Crippen molar-refractivity contribution >= 4 is 22.2 Å². The first kappa shape index (κ1) is 21.7. The van der Waals surface area contributed by atoms with Gasteiger partial charge in [-0.2, -0.15) is 5.10 Å². The Kier molecular flexibility index (Phi) is 6.13. The van der Waals surface area contributed by atoms with Gasteiger partial charge in [-0.05, 0) is 49.8 Å². The predicted molar refractivity (Wildman–Crippen MR) is 134 cm³/mol. The van der Waals surface area contributed by atoms with Gasteiger partial charge in [0.2, 0.25) is 0 Å². The van der Waals surface area contributed by atoms with Gasteiger partial charge in [-0.3, -0.25) is 10.1 Å². The number of aromatic amines is 2.